The zero-order chi connectivity index (χ0) is 19.7. The molecule has 3 aromatic rings. The first-order valence-corrected chi connectivity index (χ1v) is 8.33. The fraction of sp³-hybridized carbons (Fsp3) is 0.167. The third-order valence-corrected chi connectivity index (χ3v) is 4.26. The maximum atomic E-state index is 13.0. The van der Waals surface area contributed by atoms with Gasteiger partial charge in [0.1, 0.15) is 11.6 Å². The molecule has 0 bridgehead atoms. The van der Waals surface area contributed by atoms with Crippen LogP contribution in [0, 0.1) is 0 Å². The number of nitrogens with two attached hydrogens (primary N) is 1. The number of ether oxygens (including phenoxy) is 2. The van der Waals surface area contributed by atoms with Crippen LogP contribution in [0.2, 0.25) is 0 Å². The van der Waals surface area contributed by atoms with Crippen LogP contribution in [-0.2, 0) is 6.42 Å². The zero-order valence-electron chi connectivity index (χ0n) is 14.5. The van der Waals surface area contributed by atoms with Gasteiger partial charge in [-0.15, -0.1) is 0 Å². The Labute approximate surface area is 157 Å². The van der Waals surface area contributed by atoms with Gasteiger partial charge in [-0.2, -0.15) is 13.9 Å². The lowest BCUT2D eigenvalue weighted by atomic mass is 10.1. The second kappa shape index (κ2) is 7.24. The van der Waals surface area contributed by atoms with Gasteiger partial charge in [-0.1, -0.05) is 6.07 Å². The quantitative estimate of drug-likeness (QED) is 0.693. The van der Waals surface area contributed by atoms with Gasteiger partial charge in [0.25, 0.3) is 6.08 Å². The molecule has 0 radical (unpaired) electrons. The number of halogens is 2. The molecule has 0 aliphatic carbocycles. The first kappa shape index (κ1) is 17.9. The number of fused-ring (bicyclic) bond motifs is 1. The lowest BCUT2D eigenvalue weighted by molar-refractivity contribution is 0.174. The molecule has 1 aliphatic rings. The molecule has 4 rings (SSSR count). The van der Waals surface area contributed by atoms with E-state index in [0.29, 0.717) is 17.2 Å². The minimum Gasteiger partial charge on any atom is -0.454 e. The van der Waals surface area contributed by atoms with Crippen molar-refractivity contribution in [3.8, 4) is 28.6 Å². The number of nitrogens with one attached hydrogen (secondary N) is 1. The van der Waals surface area contributed by atoms with E-state index in [1.54, 1.807) is 30.3 Å². The lowest BCUT2D eigenvalue weighted by Crippen LogP contribution is -2.19. The first-order valence-electron chi connectivity index (χ1n) is 8.33. The van der Waals surface area contributed by atoms with Crippen molar-refractivity contribution in [2.45, 2.75) is 6.42 Å². The molecule has 0 saturated heterocycles. The maximum absolute atomic E-state index is 13.0. The third-order valence-electron chi connectivity index (χ3n) is 4.26. The predicted molar refractivity (Wildman–Crippen MR) is 95.5 cm³/mol. The molecular formula is C18H15F2N5O3. The SMILES string of the molecule is NCC(Cc1n[nH]c(=O)n1-c1cccc(-c2ccc3c(c2)OCO3)n1)=C(F)F. The van der Waals surface area contributed by atoms with Crippen LogP contribution in [0.1, 0.15) is 5.82 Å². The van der Waals surface area contributed by atoms with Gasteiger partial charge in [0, 0.05) is 24.1 Å². The van der Waals surface area contributed by atoms with Crippen molar-refractivity contribution in [1.29, 1.82) is 0 Å². The topological polar surface area (TPSA) is 108 Å². The summed E-state index contributed by atoms with van der Waals surface area (Å²) in [5, 5.41) is 6.11. The van der Waals surface area contributed by atoms with Crippen LogP contribution in [0.5, 0.6) is 11.5 Å². The molecule has 28 heavy (non-hydrogen) atoms. The third kappa shape index (κ3) is 3.25. The summed E-state index contributed by atoms with van der Waals surface area (Å²) >= 11 is 0. The Hall–Kier alpha value is -3.53. The molecule has 0 unspecified atom stereocenters. The van der Waals surface area contributed by atoms with E-state index >= 15 is 0 Å². The second-order valence-corrected chi connectivity index (χ2v) is 5.97. The lowest BCUT2D eigenvalue weighted by Gasteiger charge is -2.08. The highest BCUT2D eigenvalue weighted by Gasteiger charge is 2.17. The van der Waals surface area contributed by atoms with Crippen molar-refractivity contribution in [1.82, 2.24) is 19.7 Å². The molecule has 0 fully saturated rings. The molecule has 3 N–H and O–H groups in total. The molecule has 1 aliphatic heterocycles. The number of pyridine rings is 1. The summed E-state index contributed by atoms with van der Waals surface area (Å²) in [5.74, 6) is 1.58. The Balaban J connectivity index is 1.74. The van der Waals surface area contributed by atoms with Crippen LogP contribution < -0.4 is 20.9 Å². The van der Waals surface area contributed by atoms with Gasteiger partial charge in [0.15, 0.2) is 11.5 Å². The largest absolute Gasteiger partial charge is 0.454 e. The molecule has 0 saturated carbocycles. The molecule has 0 amide bonds. The molecule has 3 heterocycles. The average Bonchev–Trinajstić information content (AvgIpc) is 3.31. The summed E-state index contributed by atoms with van der Waals surface area (Å²) < 4.78 is 37.7. The Kier molecular flexibility index (Phi) is 4.62. The van der Waals surface area contributed by atoms with Crippen molar-refractivity contribution in [2.24, 2.45) is 5.73 Å². The summed E-state index contributed by atoms with van der Waals surface area (Å²) in [6.07, 6.45) is -2.15. The maximum Gasteiger partial charge on any atom is 0.349 e. The van der Waals surface area contributed by atoms with Crippen LogP contribution >= 0.6 is 0 Å². The highest BCUT2D eigenvalue weighted by Crippen LogP contribution is 2.35. The van der Waals surface area contributed by atoms with E-state index in [-0.39, 0.29) is 37.0 Å². The summed E-state index contributed by atoms with van der Waals surface area (Å²) in [6, 6.07) is 10.4. The van der Waals surface area contributed by atoms with Gasteiger partial charge in [-0.05, 0) is 30.3 Å². The molecule has 144 valence electrons. The number of hydrogen-bond acceptors (Lipinski definition) is 6. The number of aromatic amines is 1. The number of hydrogen-bond donors (Lipinski definition) is 2. The van der Waals surface area contributed by atoms with E-state index in [0.717, 1.165) is 10.1 Å². The van der Waals surface area contributed by atoms with Gasteiger partial charge < -0.3 is 15.2 Å². The average molecular weight is 387 g/mol. The van der Waals surface area contributed by atoms with Crippen LogP contribution in [0.3, 0.4) is 0 Å². The van der Waals surface area contributed by atoms with Crippen molar-refractivity contribution in [2.75, 3.05) is 13.3 Å². The van der Waals surface area contributed by atoms with Gasteiger partial charge in [0.2, 0.25) is 6.79 Å². The van der Waals surface area contributed by atoms with E-state index in [9.17, 15) is 13.6 Å². The van der Waals surface area contributed by atoms with Gasteiger partial charge in [-0.25, -0.2) is 19.4 Å². The van der Waals surface area contributed by atoms with Crippen LogP contribution in [-0.4, -0.2) is 33.1 Å². The molecule has 0 spiro atoms. The van der Waals surface area contributed by atoms with Crippen LogP contribution in [0.25, 0.3) is 17.1 Å². The second-order valence-electron chi connectivity index (χ2n) is 5.97. The summed E-state index contributed by atoms with van der Waals surface area (Å²) in [5.41, 5.74) is 5.80. The summed E-state index contributed by atoms with van der Waals surface area (Å²) in [4.78, 5) is 16.7. The minimum atomic E-state index is -1.88. The highest BCUT2D eigenvalue weighted by atomic mass is 19.3. The van der Waals surface area contributed by atoms with Crippen molar-refractivity contribution >= 4 is 0 Å². The Morgan fingerprint density at radius 2 is 2.04 bits per heavy atom. The van der Waals surface area contributed by atoms with Crippen molar-refractivity contribution in [3.63, 3.8) is 0 Å². The number of H-pyrrole nitrogens is 1. The number of rotatable bonds is 5. The smallest absolute Gasteiger partial charge is 0.349 e. The van der Waals surface area contributed by atoms with Crippen LogP contribution in [0.15, 0.2) is 52.8 Å². The van der Waals surface area contributed by atoms with E-state index in [2.05, 4.69) is 15.2 Å². The Morgan fingerprint density at radius 1 is 1.21 bits per heavy atom. The molecule has 10 heteroatoms. The standard InChI is InChI=1S/C18H15F2N5O3/c19-17(20)11(8-21)7-16-23-24-18(26)25(16)15-3-1-2-12(22-15)10-4-5-13-14(6-10)28-9-27-13/h1-6H,7-9,21H2,(H,24,26). The van der Waals surface area contributed by atoms with Crippen molar-refractivity contribution < 1.29 is 18.3 Å². The fourth-order valence-electron chi connectivity index (χ4n) is 2.86. The van der Waals surface area contributed by atoms with Crippen LogP contribution in [0.4, 0.5) is 8.78 Å². The van der Waals surface area contributed by atoms with E-state index in [1.807, 2.05) is 6.07 Å². The van der Waals surface area contributed by atoms with Gasteiger partial charge in [0.05, 0.1) is 5.69 Å². The number of nitrogens with zero attached hydrogens (tertiary/aromatic N) is 3. The normalized spacial score (nSPS) is 12.2. The molecule has 1 aromatic carbocycles. The predicted octanol–water partition coefficient (Wildman–Crippen LogP) is 2.00. The van der Waals surface area contributed by atoms with Crippen molar-refractivity contribution in [3.05, 3.63) is 64.4 Å². The first-order chi connectivity index (χ1) is 13.6. The number of benzene rings is 1. The van der Waals surface area contributed by atoms with E-state index in [1.165, 1.54) is 0 Å². The Morgan fingerprint density at radius 3 is 2.82 bits per heavy atom. The van der Waals surface area contributed by atoms with E-state index in [4.69, 9.17) is 15.2 Å². The molecule has 0 atom stereocenters. The van der Waals surface area contributed by atoms with Gasteiger partial charge in [-0.3, -0.25) is 0 Å². The Bertz CT molecular complexity index is 1120. The van der Waals surface area contributed by atoms with Gasteiger partial charge >= 0.3 is 5.69 Å². The highest BCUT2D eigenvalue weighted by molar-refractivity contribution is 5.65. The summed E-state index contributed by atoms with van der Waals surface area (Å²) in [6.45, 7) is -0.184. The molecular weight excluding hydrogens is 372 g/mol. The monoisotopic (exact) mass is 387 g/mol. The fourth-order valence-corrected chi connectivity index (χ4v) is 2.86. The zero-order valence-corrected chi connectivity index (χ0v) is 14.5. The minimum absolute atomic E-state index is 0.0913. The summed E-state index contributed by atoms with van der Waals surface area (Å²) in [7, 11) is 0. The van der Waals surface area contributed by atoms with E-state index < -0.39 is 11.8 Å². The number of aromatic nitrogens is 4. The molecule has 8 nitrogen and oxygen atoms in total. The molecule has 2 aromatic heterocycles.